The van der Waals surface area contributed by atoms with E-state index in [0.29, 0.717) is 6.04 Å². The topological polar surface area (TPSA) is 24.9 Å². The fraction of sp³-hybridized carbons (Fsp3) is 0.615. The summed E-state index contributed by atoms with van der Waals surface area (Å²) in [5.74, 6) is 0.945. The fourth-order valence-electron chi connectivity index (χ4n) is 2.33. The molecular weight excluding hydrogens is 235 g/mol. The summed E-state index contributed by atoms with van der Waals surface area (Å²) in [6.07, 6.45) is 6.75. The van der Waals surface area contributed by atoms with Crippen LogP contribution in [0.25, 0.3) is 0 Å². The van der Waals surface area contributed by atoms with Gasteiger partial charge in [-0.3, -0.25) is 4.98 Å². The van der Waals surface area contributed by atoms with E-state index in [0.717, 1.165) is 17.4 Å². The van der Waals surface area contributed by atoms with Crippen LogP contribution in [0, 0.1) is 5.82 Å². The zero-order chi connectivity index (χ0) is 12.1. The van der Waals surface area contributed by atoms with Crippen molar-refractivity contribution in [2.45, 2.75) is 44.0 Å². The van der Waals surface area contributed by atoms with Crippen LogP contribution in [0.2, 0.25) is 0 Å². The summed E-state index contributed by atoms with van der Waals surface area (Å²) >= 11 is 2.05. The van der Waals surface area contributed by atoms with Crippen LogP contribution in [0.4, 0.5) is 4.39 Å². The highest BCUT2D eigenvalue weighted by molar-refractivity contribution is 7.99. The van der Waals surface area contributed by atoms with Gasteiger partial charge in [0.2, 0.25) is 0 Å². The van der Waals surface area contributed by atoms with Gasteiger partial charge in [0, 0.05) is 24.0 Å². The Balaban J connectivity index is 1.76. The lowest BCUT2D eigenvalue weighted by Crippen LogP contribution is -2.26. The molecule has 1 saturated carbocycles. The van der Waals surface area contributed by atoms with E-state index in [9.17, 15) is 4.39 Å². The summed E-state index contributed by atoms with van der Waals surface area (Å²) in [5.41, 5.74) is 0.927. The van der Waals surface area contributed by atoms with Crippen molar-refractivity contribution in [1.82, 2.24) is 10.3 Å². The van der Waals surface area contributed by atoms with Gasteiger partial charge in [-0.05, 0) is 36.6 Å². The van der Waals surface area contributed by atoms with Gasteiger partial charge in [0.25, 0.3) is 0 Å². The first-order valence-corrected chi connectivity index (χ1v) is 7.27. The molecule has 0 amide bonds. The van der Waals surface area contributed by atoms with Crippen LogP contribution < -0.4 is 5.32 Å². The minimum Gasteiger partial charge on any atom is -0.310 e. The van der Waals surface area contributed by atoms with E-state index in [2.05, 4.69) is 29.0 Å². The Morgan fingerprint density at radius 1 is 1.47 bits per heavy atom. The minimum absolute atomic E-state index is 0.255. The van der Waals surface area contributed by atoms with Gasteiger partial charge in [0.05, 0.1) is 6.20 Å². The predicted molar refractivity (Wildman–Crippen MR) is 70.6 cm³/mol. The largest absolute Gasteiger partial charge is 0.310 e. The van der Waals surface area contributed by atoms with Crippen molar-refractivity contribution < 1.29 is 4.39 Å². The third-order valence-corrected chi connectivity index (χ3v) is 4.38. The molecule has 2 rings (SSSR count). The molecule has 2 unspecified atom stereocenters. The molecule has 2 atom stereocenters. The van der Waals surface area contributed by atoms with Crippen molar-refractivity contribution in [2.24, 2.45) is 0 Å². The highest BCUT2D eigenvalue weighted by Gasteiger charge is 2.23. The van der Waals surface area contributed by atoms with Crippen LogP contribution in [-0.2, 0) is 6.54 Å². The average Bonchev–Trinajstić information content (AvgIpc) is 2.75. The Morgan fingerprint density at radius 3 is 3.12 bits per heavy atom. The second kappa shape index (κ2) is 6.36. The minimum atomic E-state index is -0.255. The van der Waals surface area contributed by atoms with E-state index >= 15 is 0 Å². The lowest BCUT2D eigenvalue weighted by Gasteiger charge is -2.12. The maximum absolute atomic E-state index is 12.9. The number of nitrogens with zero attached hydrogens (tertiary/aromatic N) is 1. The van der Waals surface area contributed by atoms with Crippen molar-refractivity contribution in [3.05, 3.63) is 29.8 Å². The Bertz CT molecular complexity index is 359. The molecule has 0 aliphatic heterocycles. The van der Waals surface area contributed by atoms with E-state index in [1.807, 2.05) is 0 Å². The number of thioether (sulfide) groups is 1. The molecule has 0 spiro atoms. The lowest BCUT2D eigenvalue weighted by molar-refractivity contribution is 0.522. The Hall–Kier alpha value is -0.610. The summed E-state index contributed by atoms with van der Waals surface area (Å²) < 4.78 is 12.9. The van der Waals surface area contributed by atoms with Crippen molar-refractivity contribution >= 4 is 11.8 Å². The molecule has 0 radical (unpaired) electrons. The molecule has 0 aromatic carbocycles. The molecule has 94 valence electrons. The van der Waals surface area contributed by atoms with Crippen molar-refractivity contribution in [1.29, 1.82) is 0 Å². The number of pyridine rings is 1. The molecule has 1 fully saturated rings. The van der Waals surface area contributed by atoms with Crippen LogP contribution in [-0.4, -0.2) is 22.0 Å². The standard InChI is InChI=1S/C13H19FN2S/c1-2-17-13-4-3-12(6-13)16-8-10-5-11(14)9-15-7-10/h5,7,9,12-13,16H,2-4,6,8H2,1H3. The molecule has 17 heavy (non-hydrogen) atoms. The molecule has 4 heteroatoms. The monoisotopic (exact) mass is 254 g/mol. The first-order valence-electron chi connectivity index (χ1n) is 6.22. The average molecular weight is 254 g/mol. The van der Waals surface area contributed by atoms with Gasteiger partial charge in [-0.2, -0.15) is 11.8 Å². The maximum Gasteiger partial charge on any atom is 0.141 e. The van der Waals surface area contributed by atoms with Crippen LogP contribution in [0.1, 0.15) is 31.7 Å². The number of hydrogen-bond acceptors (Lipinski definition) is 3. The highest BCUT2D eigenvalue weighted by Crippen LogP contribution is 2.29. The Labute approximate surface area is 106 Å². The number of halogens is 1. The number of rotatable bonds is 5. The predicted octanol–water partition coefficient (Wildman–Crippen LogP) is 2.98. The van der Waals surface area contributed by atoms with Crippen LogP contribution >= 0.6 is 11.8 Å². The third kappa shape index (κ3) is 3.96. The fourth-order valence-corrected chi connectivity index (χ4v) is 3.47. The molecular formula is C13H19FN2S. The van der Waals surface area contributed by atoms with Gasteiger partial charge >= 0.3 is 0 Å². The summed E-state index contributed by atoms with van der Waals surface area (Å²) in [5, 5.41) is 4.30. The van der Waals surface area contributed by atoms with E-state index in [4.69, 9.17) is 0 Å². The van der Waals surface area contributed by atoms with E-state index in [1.54, 1.807) is 12.3 Å². The first kappa shape index (κ1) is 12.8. The smallest absolute Gasteiger partial charge is 0.141 e. The van der Waals surface area contributed by atoms with Gasteiger partial charge in [-0.1, -0.05) is 6.92 Å². The normalized spacial score (nSPS) is 24.1. The Morgan fingerprint density at radius 2 is 2.35 bits per heavy atom. The molecule has 0 bridgehead atoms. The van der Waals surface area contributed by atoms with Crippen molar-refractivity contribution in [3.8, 4) is 0 Å². The van der Waals surface area contributed by atoms with Gasteiger partial charge < -0.3 is 5.32 Å². The zero-order valence-electron chi connectivity index (χ0n) is 10.2. The van der Waals surface area contributed by atoms with Crippen LogP contribution in [0.5, 0.6) is 0 Å². The molecule has 1 aliphatic carbocycles. The summed E-state index contributed by atoms with van der Waals surface area (Å²) in [6, 6.07) is 2.13. The SMILES string of the molecule is CCSC1CCC(NCc2cncc(F)c2)C1. The summed E-state index contributed by atoms with van der Waals surface area (Å²) in [4.78, 5) is 3.85. The number of nitrogens with one attached hydrogen (secondary N) is 1. The van der Waals surface area contributed by atoms with E-state index < -0.39 is 0 Å². The molecule has 1 N–H and O–H groups in total. The number of aromatic nitrogens is 1. The van der Waals surface area contributed by atoms with Crippen LogP contribution in [0.3, 0.4) is 0 Å². The third-order valence-electron chi connectivity index (χ3n) is 3.14. The summed E-state index contributed by atoms with van der Waals surface area (Å²) in [7, 11) is 0. The molecule has 1 heterocycles. The van der Waals surface area contributed by atoms with E-state index in [1.165, 1.54) is 31.2 Å². The van der Waals surface area contributed by atoms with E-state index in [-0.39, 0.29) is 5.82 Å². The molecule has 1 aromatic heterocycles. The highest BCUT2D eigenvalue weighted by atomic mass is 32.2. The van der Waals surface area contributed by atoms with Gasteiger partial charge in [0.15, 0.2) is 0 Å². The zero-order valence-corrected chi connectivity index (χ0v) is 11.0. The second-order valence-electron chi connectivity index (χ2n) is 4.48. The van der Waals surface area contributed by atoms with Crippen molar-refractivity contribution in [3.63, 3.8) is 0 Å². The first-order chi connectivity index (χ1) is 8.28. The quantitative estimate of drug-likeness (QED) is 0.874. The van der Waals surface area contributed by atoms with Gasteiger partial charge in [-0.15, -0.1) is 0 Å². The second-order valence-corrected chi connectivity index (χ2v) is 6.06. The Kier molecular flexibility index (Phi) is 4.80. The summed E-state index contributed by atoms with van der Waals surface area (Å²) in [6.45, 7) is 2.93. The molecule has 1 aromatic rings. The maximum atomic E-state index is 12.9. The molecule has 2 nitrogen and oxygen atoms in total. The van der Waals surface area contributed by atoms with Gasteiger partial charge in [0.1, 0.15) is 5.82 Å². The molecule has 1 aliphatic rings. The molecule has 0 saturated heterocycles. The van der Waals surface area contributed by atoms with Crippen LogP contribution in [0.15, 0.2) is 18.5 Å². The number of hydrogen-bond donors (Lipinski definition) is 1. The van der Waals surface area contributed by atoms with Gasteiger partial charge in [-0.25, -0.2) is 4.39 Å². The lowest BCUT2D eigenvalue weighted by atomic mass is 10.2. The van der Waals surface area contributed by atoms with Crippen molar-refractivity contribution in [2.75, 3.05) is 5.75 Å².